The molecular weight excluding hydrogens is 728 g/mol. The average molecular weight is 783 g/mol. The number of ketones is 1. The first-order valence-corrected chi connectivity index (χ1v) is 18.5. The Kier molecular flexibility index (Phi) is 13.8. The highest BCUT2D eigenvalue weighted by atomic mass is 16.7. The van der Waals surface area contributed by atoms with E-state index in [4.69, 9.17) is 23.7 Å². The highest BCUT2D eigenvalue weighted by Gasteiger charge is 2.49. The third-order valence-corrected chi connectivity index (χ3v) is 10.6. The molecule has 5 bridgehead atoms. The van der Waals surface area contributed by atoms with Crippen molar-refractivity contribution in [2.45, 2.75) is 92.5 Å². The lowest BCUT2D eigenvalue weighted by Crippen LogP contribution is -2.46. The van der Waals surface area contributed by atoms with Gasteiger partial charge >= 0.3 is 11.8 Å². The molecule has 3 heterocycles. The minimum atomic E-state index is -2.02. The Hall–Kier alpha value is -5.12. The van der Waals surface area contributed by atoms with E-state index in [0.29, 0.717) is 6.54 Å². The number of carbonyl (C=O) groups excluding carboxylic acids is 4. The molecule has 2 aromatic rings. The maximum Gasteiger partial charge on any atom is 0.312 e. The molecule has 0 aromatic heterocycles. The van der Waals surface area contributed by atoms with Gasteiger partial charge in [-0.25, -0.2) is 0 Å². The van der Waals surface area contributed by atoms with E-state index >= 15 is 0 Å². The molecule has 6 N–H and O–H groups in total. The number of aliphatic hydroxyl groups is 2. The molecule has 0 saturated carbocycles. The minimum Gasteiger partial charge on any atom is -0.507 e. The normalized spacial score (nSPS) is 30.8. The van der Waals surface area contributed by atoms with Crippen molar-refractivity contribution in [3.05, 3.63) is 53.3 Å². The van der Waals surface area contributed by atoms with Gasteiger partial charge in [0.2, 0.25) is 0 Å². The average Bonchev–Trinajstić information content (AvgIpc) is 3.42. The molecule has 0 aliphatic carbocycles. The molecule has 15 nitrogen and oxygen atoms in total. The van der Waals surface area contributed by atoms with E-state index in [9.17, 15) is 39.6 Å². The Morgan fingerprint density at radius 1 is 0.982 bits per heavy atom. The highest BCUT2D eigenvalue weighted by Crippen LogP contribution is 2.54. The van der Waals surface area contributed by atoms with E-state index in [1.54, 1.807) is 46.8 Å². The van der Waals surface area contributed by atoms with Crippen LogP contribution in [-0.4, -0.2) is 94.5 Å². The van der Waals surface area contributed by atoms with Crippen molar-refractivity contribution in [2.24, 2.45) is 23.7 Å². The first-order chi connectivity index (χ1) is 26.3. The lowest BCUT2D eigenvalue weighted by atomic mass is 9.78. The van der Waals surface area contributed by atoms with E-state index in [1.807, 2.05) is 0 Å². The number of amides is 2. The molecule has 2 aromatic carbocycles. The number of Topliss-reactive ketones (excluding diaryl/α,β-unsaturated/α-hetero) is 1. The zero-order valence-corrected chi connectivity index (χ0v) is 33.5. The number of esters is 1. The number of methoxy groups -OCH3 is 1. The molecule has 0 unspecified atom stereocenters. The van der Waals surface area contributed by atoms with Gasteiger partial charge in [0.25, 0.3) is 17.6 Å². The molecule has 3 aliphatic rings. The lowest BCUT2D eigenvalue weighted by molar-refractivity contribution is -0.160. The van der Waals surface area contributed by atoms with Gasteiger partial charge in [-0.05, 0) is 26.8 Å². The van der Waals surface area contributed by atoms with Crippen molar-refractivity contribution in [2.75, 3.05) is 25.6 Å². The summed E-state index contributed by atoms with van der Waals surface area (Å²) in [4.78, 5) is 52.6. The number of fused-ring (bicyclic) bond motifs is 14. The molecule has 0 spiro atoms. The third-order valence-electron chi connectivity index (χ3n) is 10.6. The quantitative estimate of drug-likeness (QED) is 0.175. The topological polar surface area (TPSA) is 219 Å². The first-order valence-electron chi connectivity index (χ1n) is 18.5. The van der Waals surface area contributed by atoms with Gasteiger partial charge in [0.1, 0.15) is 23.4 Å². The Balaban J connectivity index is 1.93. The number of phenolic OH excluding ortho intramolecular Hbond substituents is 2. The lowest BCUT2D eigenvalue weighted by Gasteiger charge is -2.38. The van der Waals surface area contributed by atoms with Gasteiger partial charge in [-0.3, -0.25) is 19.2 Å². The van der Waals surface area contributed by atoms with Crippen molar-refractivity contribution < 1.29 is 63.3 Å². The summed E-state index contributed by atoms with van der Waals surface area (Å²) in [5.74, 6) is -8.18. The number of nitrogens with one attached hydrogen (secondary N) is 2. The first kappa shape index (κ1) is 43.6. The number of aromatic hydroxyl groups is 2. The second-order valence-corrected chi connectivity index (χ2v) is 14.6. The summed E-state index contributed by atoms with van der Waals surface area (Å²) in [6.07, 6.45) is 3.57. The summed E-state index contributed by atoms with van der Waals surface area (Å²) in [5, 5.41) is 50.7. The standard InChI is InChI=1S/C41H54N2O13/c1-11-42-29(45)18-53-28-17-26-36(49)31-30(28)32-38(24(7)35(31)48)56-41(9,39(32)50)54-16-15-27(52-10)21(4)37(55-25(8)44)23(6)34(47)22(5)33(46)19(2)13-12-14-20(3)40(51)43-26/h12-17,19,21-23,27,33-34,37,46-49H,11,18H2,1-10H3,(H,42,45)(H,43,51)/b13-12+,16-15+,20-14-/t19-,21-,22+,23-,27-,33-,34+,37+,41-/m0/s1. The van der Waals surface area contributed by atoms with Gasteiger partial charge in [-0.15, -0.1) is 0 Å². The van der Waals surface area contributed by atoms with Gasteiger partial charge in [0, 0.05) is 73.8 Å². The number of rotatable bonds is 6. The van der Waals surface area contributed by atoms with Crippen LogP contribution < -0.4 is 20.1 Å². The van der Waals surface area contributed by atoms with Crippen LogP contribution in [0.25, 0.3) is 10.8 Å². The van der Waals surface area contributed by atoms with Crippen molar-refractivity contribution in [3.8, 4) is 23.0 Å². The second-order valence-electron chi connectivity index (χ2n) is 14.6. The molecule has 56 heavy (non-hydrogen) atoms. The summed E-state index contributed by atoms with van der Waals surface area (Å²) in [7, 11) is 1.43. The second kappa shape index (κ2) is 17.8. The van der Waals surface area contributed by atoms with Crippen molar-refractivity contribution >= 4 is 40.0 Å². The van der Waals surface area contributed by atoms with Crippen molar-refractivity contribution in [1.82, 2.24) is 5.32 Å². The molecule has 9 atom stereocenters. The summed E-state index contributed by atoms with van der Waals surface area (Å²) in [6, 6.07) is 1.24. The predicted molar refractivity (Wildman–Crippen MR) is 206 cm³/mol. The van der Waals surface area contributed by atoms with Gasteiger partial charge in [0.05, 0.1) is 41.2 Å². The molecule has 0 fully saturated rings. The van der Waals surface area contributed by atoms with Crippen molar-refractivity contribution in [3.63, 3.8) is 0 Å². The number of ether oxygens (including phenoxy) is 5. The van der Waals surface area contributed by atoms with E-state index in [1.165, 1.54) is 59.3 Å². The van der Waals surface area contributed by atoms with Gasteiger partial charge in [-0.1, -0.05) is 45.9 Å². The molecular formula is C41H54N2O13. The van der Waals surface area contributed by atoms with Gasteiger partial charge in [0.15, 0.2) is 12.4 Å². The summed E-state index contributed by atoms with van der Waals surface area (Å²) in [5.41, 5.74) is -0.0351. The summed E-state index contributed by atoms with van der Waals surface area (Å²) in [6.45, 7) is 14.0. The Labute approximate surface area is 326 Å². The van der Waals surface area contributed by atoms with Crippen molar-refractivity contribution in [1.29, 1.82) is 0 Å². The van der Waals surface area contributed by atoms with Crippen LogP contribution >= 0.6 is 0 Å². The molecule has 3 aliphatic heterocycles. The fraction of sp³-hybridized carbons (Fsp3) is 0.512. The number of carbonyl (C=O) groups is 4. The van der Waals surface area contributed by atoms with Crippen LogP contribution in [0.4, 0.5) is 5.69 Å². The number of aliphatic hydroxyl groups excluding tert-OH is 2. The Bertz CT molecular complexity index is 1940. The van der Waals surface area contributed by atoms with Crippen LogP contribution in [0.2, 0.25) is 0 Å². The highest BCUT2D eigenvalue weighted by molar-refractivity contribution is 6.21. The van der Waals surface area contributed by atoms with E-state index in [2.05, 4.69) is 10.6 Å². The zero-order chi connectivity index (χ0) is 41.8. The number of allylic oxidation sites excluding steroid dienone is 2. The largest absolute Gasteiger partial charge is 0.507 e. The summed E-state index contributed by atoms with van der Waals surface area (Å²) >= 11 is 0. The Morgan fingerprint density at radius 2 is 1.66 bits per heavy atom. The predicted octanol–water partition coefficient (Wildman–Crippen LogP) is 4.56. The van der Waals surface area contributed by atoms with Gasteiger partial charge < -0.3 is 54.7 Å². The van der Waals surface area contributed by atoms with Crippen LogP contribution in [0.5, 0.6) is 23.0 Å². The summed E-state index contributed by atoms with van der Waals surface area (Å²) < 4.78 is 29.4. The van der Waals surface area contributed by atoms with E-state index in [-0.39, 0.29) is 44.7 Å². The van der Waals surface area contributed by atoms with Crippen LogP contribution in [0.3, 0.4) is 0 Å². The van der Waals surface area contributed by atoms with Gasteiger partial charge in [-0.2, -0.15) is 0 Å². The number of phenols is 2. The molecule has 15 heteroatoms. The number of hydrogen-bond acceptors (Lipinski definition) is 13. The minimum absolute atomic E-state index is 0.0639. The molecule has 5 rings (SSSR count). The number of likely N-dealkylation sites (N-methyl/N-ethyl adjacent to an activating group) is 1. The SMILES string of the molecule is CCNC(=O)COc1cc2c(O)c3c(O)c(C)c4c(c13)C(=O)[C@@](C)(O/C=C/[C@H](OC)[C@H](C)[C@@H](OC(C)=O)[C@@H](C)[C@H](O)[C@H](C)[C@@H](O)[C@@H](C)/C=C/C=C(/C)C(=O)N2)O4. The maximum absolute atomic E-state index is 14.3. The molecule has 2 amide bonds. The molecule has 0 saturated heterocycles. The fourth-order valence-corrected chi connectivity index (χ4v) is 7.14. The third kappa shape index (κ3) is 8.79. The molecule has 306 valence electrons. The number of hydrogen-bond donors (Lipinski definition) is 6. The van der Waals surface area contributed by atoms with Crippen LogP contribution in [0.1, 0.15) is 71.3 Å². The number of anilines is 1. The van der Waals surface area contributed by atoms with Crippen LogP contribution in [0, 0.1) is 30.6 Å². The monoisotopic (exact) mass is 782 g/mol. The Morgan fingerprint density at radius 3 is 2.29 bits per heavy atom. The zero-order valence-electron chi connectivity index (χ0n) is 33.5. The van der Waals surface area contributed by atoms with E-state index in [0.717, 1.165) is 0 Å². The smallest absolute Gasteiger partial charge is 0.312 e. The fourth-order valence-electron chi connectivity index (χ4n) is 7.14. The maximum atomic E-state index is 14.3. The van der Waals surface area contributed by atoms with Crippen LogP contribution in [-0.2, 0) is 28.6 Å². The van der Waals surface area contributed by atoms with E-state index < -0.39 is 95.5 Å². The number of benzene rings is 2. The molecule has 0 radical (unpaired) electrons. The van der Waals surface area contributed by atoms with Crippen LogP contribution in [0.15, 0.2) is 42.2 Å².